The van der Waals surface area contributed by atoms with E-state index in [-0.39, 0.29) is 12.2 Å². The monoisotopic (exact) mass is 262 g/mol. The van der Waals surface area contributed by atoms with E-state index in [0.717, 1.165) is 0 Å². The number of carboxylic acid groups (broad SMARTS) is 1. The minimum absolute atomic E-state index is 0.0999. The summed E-state index contributed by atoms with van der Waals surface area (Å²) in [6, 6.07) is -0.700. The summed E-state index contributed by atoms with van der Waals surface area (Å²) in [7, 11) is 0. The Labute approximate surface area is 101 Å². The summed E-state index contributed by atoms with van der Waals surface area (Å²) in [5, 5.41) is 12.9. The fraction of sp³-hybridized carbons (Fsp3) is 0.444. The minimum atomic E-state index is -2.59. The van der Waals surface area contributed by atoms with Gasteiger partial charge >= 0.3 is 12.0 Å². The van der Waals surface area contributed by atoms with Crippen molar-refractivity contribution in [1.82, 2.24) is 20.2 Å². The number of carboxylic acids is 1. The maximum atomic E-state index is 11.8. The van der Waals surface area contributed by atoms with Crippen LogP contribution in [0.2, 0.25) is 0 Å². The molecule has 0 aliphatic carbocycles. The van der Waals surface area contributed by atoms with E-state index in [9.17, 15) is 18.4 Å². The molecular weight excluding hydrogens is 250 g/mol. The van der Waals surface area contributed by atoms with Gasteiger partial charge in [0.25, 0.3) is 6.43 Å². The van der Waals surface area contributed by atoms with E-state index in [1.807, 2.05) is 5.32 Å². The van der Waals surface area contributed by atoms with Crippen LogP contribution in [0, 0.1) is 0 Å². The number of halogens is 2. The number of hydrogen-bond acceptors (Lipinski definition) is 3. The zero-order valence-corrected chi connectivity index (χ0v) is 9.27. The van der Waals surface area contributed by atoms with Crippen molar-refractivity contribution < 1.29 is 23.5 Å². The summed E-state index contributed by atoms with van der Waals surface area (Å²) in [5.41, 5.74) is -0.0999. The van der Waals surface area contributed by atoms with Crippen molar-refractivity contribution in [3.63, 3.8) is 0 Å². The van der Waals surface area contributed by atoms with Crippen LogP contribution in [0.3, 0.4) is 0 Å². The molecule has 0 fully saturated rings. The van der Waals surface area contributed by atoms with Crippen LogP contribution >= 0.6 is 0 Å². The van der Waals surface area contributed by atoms with Crippen molar-refractivity contribution in [3.8, 4) is 0 Å². The molecule has 0 unspecified atom stereocenters. The molecule has 7 nitrogen and oxygen atoms in total. The highest BCUT2D eigenvalue weighted by atomic mass is 19.3. The van der Waals surface area contributed by atoms with Crippen LogP contribution in [-0.4, -0.2) is 46.2 Å². The summed E-state index contributed by atoms with van der Waals surface area (Å²) in [6.07, 6.45) is 0.0195. The molecule has 2 amide bonds. The first-order chi connectivity index (χ1) is 8.49. The molecule has 100 valence electrons. The van der Waals surface area contributed by atoms with Crippen molar-refractivity contribution in [2.24, 2.45) is 0 Å². The average molecular weight is 262 g/mol. The molecule has 0 aliphatic rings. The number of nitrogens with one attached hydrogen (secondary N) is 2. The third-order valence-electron chi connectivity index (χ3n) is 1.92. The van der Waals surface area contributed by atoms with E-state index in [2.05, 4.69) is 10.3 Å². The average Bonchev–Trinajstić information content (AvgIpc) is 2.75. The quantitative estimate of drug-likeness (QED) is 0.679. The number of imidazole rings is 1. The molecule has 1 aromatic heterocycles. The van der Waals surface area contributed by atoms with Gasteiger partial charge in [0.2, 0.25) is 0 Å². The van der Waals surface area contributed by atoms with Gasteiger partial charge in [-0.25, -0.2) is 23.4 Å². The maximum absolute atomic E-state index is 11.8. The number of rotatable bonds is 6. The van der Waals surface area contributed by atoms with Gasteiger partial charge in [0.05, 0.1) is 12.9 Å². The number of aromatic carboxylic acids is 1. The van der Waals surface area contributed by atoms with Gasteiger partial charge in [0.15, 0.2) is 5.69 Å². The Morgan fingerprint density at radius 3 is 2.72 bits per heavy atom. The number of carbonyl (C=O) groups is 2. The van der Waals surface area contributed by atoms with Crippen molar-refractivity contribution in [3.05, 3.63) is 18.2 Å². The number of urea groups is 1. The first-order valence-electron chi connectivity index (χ1n) is 5.04. The normalized spacial score (nSPS) is 10.4. The standard InChI is InChI=1S/C9H12F2N4O3/c10-7(11)3-13-9(18)12-1-2-15-4-6(8(16)17)14-5-15/h4-5,7H,1-3H2,(H,16,17)(H2,12,13,18). The van der Waals surface area contributed by atoms with Crippen LogP contribution in [0.4, 0.5) is 13.6 Å². The van der Waals surface area contributed by atoms with Crippen LogP contribution in [0.15, 0.2) is 12.5 Å². The lowest BCUT2D eigenvalue weighted by molar-refractivity contribution is 0.0691. The summed E-state index contributed by atoms with van der Waals surface area (Å²) in [4.78, 5) is 25.1. The number of hydrogen-bond donors (Lipinski definition) is 3. The Kier molecular flexibility index (Phi) is 5.03. The number of amides is 2. The topological polar surface area (TPSA) is 96.2 Å². The molecule has 0 saturated heterocycles. The predicted molar refractivity (Wildman–Crippen MR) is 56.6 cm³/mol. The molecule has 0 aliphatic heterocycles. The van der Waals surface area contributed by atoms with Gasteiger partial charge in [-0.3, -0.25) is 0 Å². The highest BCUT2D eigenvalue weighted by molar-refractivity contribution is 5.84. The fourth-order valence-corrected chi connectivity index (χ4v) is 1.12. The maximum Gasteiger partial charge on any atom is 0.356 e. The van der Waals surface area contributed by atoms with Gasteiger partial charge < -0.3 is 20.3 Å². The van der Waals surface area contributed by atoms with E-state index in [1.165, 1.54) is 17.1 Å². The Balaban J connectivity index is 2.24. The molecule has 0 saturated carbocycles. The molecule has 0 aromatic carbocycles. The second-order valence-corrected chi connectivity index (χ2v) is 3.33. The van der Waals surface area contributed by atoms with Crippen LogP contribution in [0.25, 0.3) is 0 Å². The fourth-order valence-electron chi connectivity index (χ4n) is 1.12. The number of carbonyl (C=O) groups excluding carboxylic acids is 1. The number of alkyl halides is 2. The molecule has 1 aromatic rings. The third kappa shape index (κ3) is 4.76. The van der Waals surface area contributed by atoms with Crippen molar-refractivity contribution in [2.45, 2.75) is 13.0 Å². The smallest absolute Gasteiger partial charge is 0.356 e. The Morgan fingerprint density at radius 1 is 1.44 bits per heavy atom. The van der Waals surface area contributed by atoms with Gasteiger partial charge in [0.1, 0.15) is 0 Å². The Bertz CT molecular complexity index is 422. The summed E-state index contributed by atoms with van der Waals surface area (Å²) < 4.78 is 25.0. The number of aromatic nitrogens is 2. The SMILES string of the molecule is O=C(NCCn1cnc(C(=O)O)c1)NCC(F)F. The van der Waals surface area contributed by atoms with Crippen molar-refractivity contribution in [2.75, 3.05) is 13.1 Å². The molecule has 0 spiro atoms. The third-order valence-corrected chi connectivity index (χ3v) is 1.92. The van der Waals surface area contributed by atoms with Crippen molar-refractivity contribution in [1.29, 1.82) is 0 Å². The van der Waals surface area contributed by atoms with Gasteiger partial charge in [-0.05, 0) is 0 Å². The molecule has 1 heterocycles. The van der Waals surface area contributed by atoms with E-state index in [0.29, 0.717) is 6.54 Å². The summed E-state index contributed by atoms with van der Waals surface area (Å²) in [5.74, 6) is -1.14. The molecule has 1 rings (SSSR count). The highest BCUT2D eigenvalue weighted by Crippen LogP contribution is 1.95. The van der Waals surface area contributed by atoms with Crippen LogP contribution in [0.5, 0.6) is 0 Å². The van der Waals surface area contributed by atoms with Crippen molar-refractivity contribution >= 4 is 12.0 Å². The first kappa shape index (κ1) is 13.9. The highest BCUT2D eigenvalue weighted by Gasteiger charge is 2.07. The van der Waals surface area contributed by atoms with Gasteiger partial charge in [0, 0.05) is 19.3 Å². The molecule has 0 atom stereocenters. The molecule has 9 heteroatoms. The number of nitrogens with zero attached hydrogens (tertiary/aromatic N) is 2. The molecule has 18 heavy (non-hydrogen) atoms. The van der Waals surface area contributed by atoms with E-state index in [4.69, 9.17) is 5.11 Å². The Hall–Kier alpha value is -2.19. The second-order valence-electron chi connectivity index (χ2n) is 3.33. The molecular formula is C9H12F2N4O3. The van der Waals surface area contributed by atoms with Gasteiger partial charge in [-0.1, -0.05) is 0 Å². The lowest BCUT2D eigenvalue weighted by Crippen LogP contribution is -2.39. The minimum Gasteiger partial charge on any atom is -0.476 e. The summed E-state index contributed by atoms with van der Waals surface area (Å²) in [6.45, 7) is -0.243. The lowest BCUT2D eigenvalue weighted by atomic mass is 10.5. The zero-order chi connectivity index (χ0) is 13.5. The molecule has 0 bridgehead atoms. The summed E-state index contributed by atoms with van der Waals surface area (Å²) >= 11 is 0. The zero-order valence-electron chi connectivity index (χ0n) is 9.27. The van der Waals surface area contributed by atoms with Gasteiger partial charge in [-0.2, -0.15) is 0 Å². The molecule has 0 radical (unpaired) electrons. The molecule has 3 N–H and O–H groups in total. The van der Waals surface area contributed by atoms with E-state index >= 15 is 0 Å². The van der Waals surface area contributed by atoms with Crippen LogP contribution in [-0.2, 0) is 6.54 Å². The lowest BCUT2D eigenvalue weighted by Gasteiger charge is -2.07. The van der Waals surface area contributed by atoms with Crippen LogP contribution < -0.4 is 10.6 Å². The predicted octanol–water partition coefficient (Wildman–Crippen LogP) is 0.146. The first-order valence-corrected chi connectivity index (χ1v) is 5.04. The van der Waals surface area contributed by atoms with Crippen LogP contribution in [0.1, 0.15) is 10.5 Å². The largest absolute Gasteiger partial charge is 0.476 e. The van der Waals surface area contributed by atoms with Gasteiger partial charge in [-0.15, -0.1) is 0 Å². The Morgan fingerprint density at radius 2 is 2.17 bits per heavy atom. The van der Waals surface area contributed by atoms with E-state index < -0.39 is 25.0 Å². The second kappa shape index (κ2) is 6.52. The van der Waals surface area contributed by atoms with E-state index in [1.54, 1.807) is 0 Å².